The number of nitrogens with zero attached hydrogens (tertiary/aromatic N) is 3. The number of hydrogen-bond acceptors (Lipinski definition) is 2. The first kappa shape index (κ1) is 13.5. The third-order valence-corrected chi connectivity index (χ3v) is 3.22. The molecule has 1 aromatic rings. The summed E-state index contributed by atoms with van der Waals surface area (Å²) in [5, 5.41) is 8.34. The molecule has 0 radical (unpaired) electrons. The molecule has 0 aliphatic heterocycles. The van der Waals surface area contributed by atoms with Crippen LogP contribution < -0.4 is 0 Å². The predicted octanol–water partition coefficient (Wildman–Crippen LogP) is 3.28. The first-order valence-electron chi connectivity index (χ1n) is 6.02. The van der Waals surface area contributed by atoms with Gasteiger partial charge in [-0.1, -0.05) is 26.0 Å². The van der Waals surface area contributed by atoms with E-state index in [-0.39, 0.29) is 0 Å². The van der Waals surface area contributed by atoms with E-state index in [0.717, 1.165) is 43.8 Å². The van der Waals surface area contributed by atoms with E-state index in [0.29, 0.717) is 5.41 Å². The molecule has 1 heterocycles. The maximum absolute atomic E-state index is 5.64. The maximum atomic E-state index is 5.64. The predicted molar refractivity (Wildman–Crippen MR) is 67.8 cm³/mol. The smallest absolute Gasteiger partial charge is 0.0827 e. The molecule has 0 atom stereocenters. The normalized spacial score (nSPS) is 12.0. The number of rotatable bonds is 7. The number of hydrogen-bond donors (Lipinski definition) is 0. The minimum Gasteiger partial charge on any atom is -0.252 e. The summed E-state index contributed by atoms with van der Waals surface area (Å²) in [5.74, 6) is 0.733. The Kier molecular flexibility index (Phi) is 5.26. The van der Waals surface area contributed by atoms with Crippen LogP contribution in [0.15, 0.2) is 6.20 Å². The number of aryl methyl sites for hydroxylation is 1. The molecule has 4 heteroatoms. The monoisotopic (exact) mass is 243 g/mol. The van der Waals surface area contributed by atoms with Crippen LogP contribution in [-0.4, -0.2) is 20.9 Å². The average molecular weight is 244 g/mol. The third kappa shape index (κ3) is 4.52. The molecule has 0 saturated carbocycles. The van der Waals surface area contributed by atoms with Gasteiger partial charge in [0.25, 0.3) is 0 Å². The quantitative estimate of drug-likeness (QED) is 0.544. The Labute approximate surface area is 103 Å². The molecule has 0 aromatic carbocycles. The highest BCUT2D eigenvalue weighted by Gasteiger charge is 2.16. The van der Waals surface area contributed by atoms with Gasteiger partial charge in [-0.05, 0) is 31.1 Å². The Morgan fingerprint density at radius 2 is 2.12 bits per heavy atom. The summed E-state index contributed by atoms with van der Waals surface area (Å²) in [6.45, 7) is 7.65. The van der Waals surface area contributed by atoms with Crippen LogP contribution in [0.2, 0.25) is 0 Å². The van der Waals surface area contributed by atoms with Crippen molar-refractivity contribution in [2.45, 2.75) is 53.0 Å². The van der Waals surface area contributed by atoms with Crippen LogP contribution in [0, 0.1) is 5.41 Å². The first-order chi connectivity index (χ1) is 7.57. The van der Waals surface area contributed by atoms with Gasteiger partial charge in [-0.2, -0.15) is 0 Å². The van der Waals surface area contributed by atoms with Gasteiger partial charge >= 0.3 is 0 Å². The summed E-state index contributed by atoms with van der Waals surface area (Å²) < 4.78 is 1.96. The Balaban J connectivity index is 2.45. The van der Waals surface area contributed by atoms with Gasteiger partial charge in [-0.25, -0.2) is 0 Å². The lowest BCUT2D eigenvalue weighted by molar-refractivity contribution is 0.277. The van der Waals surface area contributed by atoms with Crippen molar-refractivity contribution >= 4 is 11.6 Å². The lowest BCUT2D eigenvalue weighted by Gasteiger charge is -2.21. The van der Waals surface area contributed by atoms with Crippen LogP contribution in [0.4, 0.5) is 0 Å². The Morgan fingerprint density at radius 3 is 2.75 bits per heavy atom. The molecule has 1 aromatic heterocycles. The van der Waals surface area contributed by atoms with E-state index in [1.165, 1.54) is 0 Å². The van der Waals surface area contributed by atoms with Gasteiger partial charge in [0.05, 0.1) is 5.69 Å². The van der Waals surface area contributed by atoms with Crippen LogP contribution >= 0.6 is 11.6 Å². The molecule has 0 saturated heterocycles. The summed E-state index contributed by atoms with van der Waals surface area (Å²) >= 11 is 5.64. The molecule has 0 fully saturated rings. The third-order valence-electron chi connectivity index (χ3n) is 2.95. The molecule has 0 N–H and O–H groups in total. The van der Waals surface area contributed by atoms with Gasteiger partial charge in [0, 0.05) is 18.6 Å². The van der Waals surface area contributed by atoms with E-state index in [2.05, 4.69) is 37.3 Å². The summed E-state index contributed by atoms with van der Waals surface area (Å²) in [4.78, 5) is 0. The van der Waals surface area contributed by atoms with Gasteiger partial charge in [-0.3, -0.25) is 4.68 Å². The van der Waals surface area contributed by atoms with Gasteiger partial charge in [0.1, 0.15) is 0 Å². The van der Waals surface area contributed by atoms with E-state index in [1.807, 2.05) is 4.68 Å². The second kappa shape index (κ2) is 6.24. The van der Waals surface area contributed by atoms with Crippen LogP contribution in [-0.2, 0) is 13.0 Å². The Morgan fingerprint density at radius 1 is 1.38 bits per heavy atom. The zero-order valence-corrected chi connectivity index (χ0v) is 11.3. The fraction of sp³-hybridized carbons (Fsp3) is 0.833. The summed E-state index contributed by atoms with van der Waals surface area (Å²) in [6.07, 6.45) is 6.34. The van der Waals surface area contributed by atoms with Crippen molar-refractivity contribution in [2.75, 3.05) is 5.88 Å². The molecule has 0 spiro atoms. The lowest BCUT2D eigenvalue weighted by Crippen LogP contribution is -2.18. The minimum atomic E-state index is 0.293. The topological polar surface area (TPSA) is 30.7 Å². The number of aromatic nitrogens is 3. The highest BCUT2D eigenvalue weighted by Crippen LogP contribution is 2.21. The zero-order chi connectivity index (χ0) is 12.0. The SMILES string of the molecule is CCC(C)(C)Cn1cc(CCCCCl)nn1. The summed E-state index contributed by atoms with van der Waals surface area (Å²) in [6, 6.07) is 0. The Bertz CT molecular complexity index is 307. The van der Waals surface area contributed by atoms with Gasteiger partial charge in [0.15, 0.2) is 0 Å². The number of unbranched alkanes of at least 4 members (excludes halogenated alkanes) is 1. The zero-order valence-electron chi connectivity index (χ0n) is 10.5. The van der Waals surface area contributed by atoms with E-state index < -0.39 is 0 Å². The highest BCUT2D eigenvalue weighted by molar-refractivity contribution is 6.17. The maximum Gasteiger partial charge on any atom is 0.0827 e. The number of halogens is 1. The molecule has 0 aliphatic carbocycles. The van der Waals surface area contributed by atoms with Gasteiger partial charge < -0.3 is 0 Å². The van der Waals surface area contributed by atoms with Crippen molar-refractivity contribution in [2.24, 2.45) is 5.41 Å². The van der Waals surface area contributed by atoms with Crippen molar-refractivity contribution in [3.05, 3.63) is 11.9 Å². The van der Waals surface area contributed by atoms with Gasteiger partial charge in [0.2, 0.25) is 0 Å². The second-order valence-electron chi connectivity index (χ2n) is 5.07. The minimum absolute atomic E-state index is 0.293. The van der Waals surface area contributed by atoms with E-state index in [4.69, 9.17) is 11.6 Å². The lowest BCUT2D eigenvalue weighted by atomic mass is 9.90. The molecule has 3 nitrogen and oxygen atoms in total. The van der Waals surface area contributed by atoms with Crippen molar-refractivity contribution in [1.29, 1.82) is 0 Å². The van der Waals surface area contributed by atoms with Crippen LogP contribution in [0.5, 0.6) is 0 Å². The van der Waals surface area contributed by atoms with Gasteiger partial charge in [-0.15, -0.1) is 16.7 Å². The molecule has 16 heavy (non-hydrogen) atoms. The molecule has 1 rings (SSSR count). The van der Waals surface area contributed by atoms with Crippen molar-refractivity contribution < 1.29 is 0 Å². The van der Waals surface area contributed by atoms with Crippen molar-refractivity contribution in [1.82, 2.24) is 15.0 Å². The van der Waals surface area contributed by atoms with Crippen LogP contribution in [0.1, 0.15) is 45.7 Å². The molecule has 0 unspecified atom stereocenters. The van der Waals surface area contributed by atoms with E-state index in [1.54, 1.807) is 0 Å². The largest absolute Gasteiger partial charge is 0.252 e. The first-order valence-corrected chi connectivity index (χ1v) is 6.56. The molecule has 92 valence electrons. The fourth-order valence-electron chi connectivity index (χ4n) is 1.48. The average Bonchev–Trinajstić information content (AvgIpc) is 2.65. The van der Waals surface area contributed by atoms with E-state index in [9.17, 15) is 0 Å². The fourth-order valence-corrected chi connectivity index (χ4v) is 1.67. The van der Waals surface area contributed by atoms with Crippen LogP contribution in [0.25, 0.3) is 0 Å². The Hall–Kier alpha value is -0.570. The molecule has 0 aliphatic rings. The standard InChI is InChI=1S/C12H22ClN3/c1-4-12(2,3)10-16-9-11(14-15-16)7-5-6-8-13/h9H,4-8,10H2,1-3H3. The molecular weight excluding hydrogens is 222 g/mol. The molecule has 0 bridgehead atoms. The summed E-state index contributed by atoms with van der Waals surface area (Å²) in [5.41, 5.74) is 1.37. The summed E-state index contributed by atoms with van der Waals surface area (Å²) in [7, 11) is 0. The van der Waals surface area contributed by atoms with E-state index >= 15 is 0 Å². The molecular formula is C12H22ClN3. The highest BCUT2D eigenvalue weighted by atomic mass is 35.5. The van der Waals surface area contributed by atoms with Crippen molar-refractivity contribution in [3.8, 4) is 0 Å². The second-order valence-corrected chi connectivity index (χ2v) is 5.45. The van der Waals surface area contributed by atoms with Crippen LogP contribution in [0.3, 0.4) is 0 Å². The van der Waals surface area contributed by atoms with Crippen molar-refractivity contribution in [3.63, 3.8) is 0 Å². The number of alkyl halides is 1. The molecule has 0 amide bonds.